The third-order valence-electron chi connectivity index (χ3n) is 2.51. The Hall–Kier alpha value is -2.22. The van der Waals surface area contributed by atoms with Crippen molar-refractivity contribution in [2.24, 2.45) is 0 Å². The van der Waals surface area contributed by atoms with E-state index < -0.39 is 0 Å². The SMILES string of the molecule is COc1cc(C#N)ccc1NC(C)C(=O)N(C)C. The highest BCUT2D eigenvalue weighted by atomic mass is 16.5. The molecule has 0 spiro atoms. The Balaban J connectivity index is 2.91. The van der Waals surface area contributed by atoms with Gasteiger partial charge in [-0.05, 0) is 19.1 Å². The summed E-state index contributed by atoms with van der Waals surface area (Å²) in [4.78, 5) is 13.3. The van der Waals surface area contributed by atoms with Gasteiger partial charge in [-0.1, -0.05) is 0 Å². The number of anilines is 1. The molecule has 0 fully saturated rings. The van der Waals surface area contributed by atoms with Gasteiger partial charge < -0.3 is 15.0 Å². The fourth-order valence-corrected chi connectivity index (χ4v) is 1.56. The van der Waals surface area contributed by atoms with Crippen LogP contribution in [-0.4, -0.2) is 38.1 Å². The first-order chi connectivity index (χ1) is 8.49. The van der Waals surface area contributed by atoms with E-state index in [1.807, 2.05) is 6.07 Å². The molecule has 0 radical (unpaired) electrons. The second-order valence-corrected chi connectivity index (χ2v) is 4.13. The molecule has 5 nitrogen and oxygen atoms in total. The van der Waals surface area contributed by atoms with Crippen molar-refractivity contribution in [1.29, 1.82) is 5.26 Å². The van der Waals surface area contributed by atoms with E-state index in [2.05, 4.69) is 5.32 Å². The summed E-state index contributed by atoms with van der Waals surface area (Å²) in [5.41, 5.74) is 1.21. The highest BCUT2D eigenvalue weighted by Gasteiger charge is 2.16. The third-order valence-corrected chi connectivity index (χ3v) is 2.51. The van der Waals surface area contributed by atoms with Crippen LogP contribution >= 0.6 is 0 Å². The van der Waals surface area contributed by atoms with E-state index in [1.165, 1.54) is 12.0 Å². The standard InChI is InChI=1S/C13H17N3O2/c1-9(13(17)16(2)3)15-11-6-5-10(8-14)7-12(11)18-4/h5-7,9,15H,1-4H3. The average Bonchev–Trinajstić information content (AvgIpc) is 2.37. The molecule has 0 aromatic heterocycles. The summed E-state index contributed by atoms with van der Waals surface area (Å²) < 4.78 is 5.19. The highest BCUT2D eigenvalue weighted by Crippen LogP contribution is 2.26. The van der Waals surface area contributed by atoms with Gasteiger partial charge >= 0.3 is 0 Å². The van der Waals surface area contributed by atoms with Crippen molar-refractivity contribution in [2.75, 3.05) is 26.5 Å². The Morgan fingerprint density at radius 2 is 2.17 bits per heavy atom. The van der Waals surface area contributed by atoms with Crippen molar-refractivity contribution in [1.82, 2.24) is 4.90 Å². The van der Waals surface area contributed by atoms with E-state index in [1.54, 1.807) is 39.2 Å². The monoisotopic (exact) mass is 247 g/mol. The number of ether oxygens (including phenoxy) is 1. The molecule has 0 heterocycles. The molecule has 0 bridgehead atoms. The van der Waals surface area contributed by atoms with Crippen LogP contribution in [0.3, 0.4) is 0 Å². The Labute approximate surface area is 107 Å². The number of hydrogen-bond acceptors (Lipinski definition) is 4. The smallest absolute Gasteiger partial charge is 0.244 e. The molecular weight excluding hydrogens is 230 g/mol. The Kier molecular flexibility index (Phi) is 4.55. The van der Waals surface area contributed by atoms with Gasteiger partial charge in [-0.3, -0.25) is 4.79 Å². The van der Waals surface area contributed by atoms with Gasteiger partial charge in [-0.15, -0.1) is 0 Å². The number of rotatable bonds is 4. The zero-order valence-corrected chi connectivity index (χ0v) is 11.0. The summed E-state index contributed by atoms with van der Waals surface area (Å²) in [5.74, 6) is 0.522. The maximum atomic E-state index is 11.7. The molecular formula is C13H17N3O2. The molecule has 1 amide bonds. The van der Waals surface area contributed by atoms with Crippen molar-refractivity contribution >= 4 is 11.6 Å². The topological polar surface area (TPSA) is 65.4 Å². The predicted octanol–water partition coefficient (Wildman–Crippen LogP) is 1.46. The highest BCUT2D eigenvalue weighted by molar-refractivity contribution is 5.84. The molecule has 5 heteroatoms. The van der Waals surface area contributed by atoms with Crippen molar-refractivity contribution in [3.05, 3.63) is 23.8 Å². The maximum absolute atomic E-state index is 11.7. The number of hydrogen-bond donors (Lipinski definition) is 1. The predicted molar refractivity (Wildman–Crippen MR) is 69.5 cm³/mol. The number of carbonyl (C=O) groups excluding carboxylic acids is 1. The first kappa shape index (κ1) is 13.8. The third kappa shape index (κ3) is 3.14. The number of nitrogens with zero attached hydrogens (tertiary/aromatic N) is 2. The van der Waals surface area contributed by atoms with Crippen molar-refractivity contribution in [3.8, 4) is 11.8 Å². The summed E-state index contributed by atoms with van der Waals surface area (Å²) in [5, 5.41) is 11.9. The lowest BCUT2D eigenvalue weighted by Gasteiger charge is -2.20. The molecule has 0 aliphatic carbocycles. The minimum Gasteiger partial charge on any atom is -0.495 e. The molecule has 0 aliphatic heterocycles. The van der Waals surface area contributed by atoms with E-state index >= 15 is 0 Å². The summed E-state index contributed by atoms with van der Waals surface area (Å²) in [6.45, 7) is 1.78. The molecule has 96 valence electrons. The Morgan fingerprint density at radius 3 is 2.67 bits per heavy atom. The number of benzene rings is 1. The first-order valence-electron chi connectivity index (χ1n) is 5.55. The summed E-state index contributed by atoms with van der Waals surface area (Å²) in [6.07, 6.45) is 0. The average molecular weight is 247 g/mol. The number of amides is 1. The number of methoxy groups -OCH3 is 1. The van der Waals surface area contributed by atoms with Crippen molar-refractivity contribution in [3.63, 3.8) is 0 Å². The van der Waals surface area contributed by atoms with Gasteiger partial charge in [0.15, 0.2) is 0 Å². The van der Waals surface area contributed by atoms with E-state index in [-0.39, 0.29) is 11.9 Å². The lowest BCUT2D eigenvalue weighted by atomic mass is 10.2. The fraction of sp³-hybridized carbons (Fsp3) is 0.385. The molecule has 1 unspecified atom stereocenters. The lowest BCUT2D eigenvalue weighted by molar-refractivity contribution is -0.129. The summed E-state index contributed by atoms with van der Waals surface area (Å²) in [7, 11) is 4.94. The summed E-state index contributed by atoms with van der Waals surface area (Å²) >= 11 is 0. The second-order valence-electron chi connectivity index (χ2n) is 4.13. The van der Waals surface area contributed by atoms with Gasteiger partial charge in [-0.2, -0.15) is 5.26 Å². The van der Waals surface area contributed by atoms with Crippen LogP contribution in [-0.2, 0) is 4.79 Å². The second kappa shape index (κ2) is 5.92. The van der Waals surface area contributed by atoms with Crippen LogP contribution < -0.4 is 10.1 Å². The molecule has 0 saturated carbocycles. The zero-order chi connectivity index (χ0) is 13.7. The quantitative estimate of drug-likeness (QED) is 0.874. The minimum absolute atomic E-state index is 0.0265. The van der Waals surface area contributed by atoms with Gasteiger partial charge in [0.25, 0.3) is 0 Å². The molecule has 18 heavy (non-hydrogen) atoms. The normalized spacial score (nSPS) is 11.3. The van der Waals surface area contributed by atoms with Gasteiger partial charge in [0.2, 0.25) is 5.91 Å². The van der Waals surface area contributed by atoms with Gasteiger partial charge in [-0.25, -0.2) is 0 Å². The van der Waals surface area contributed by atoms with Crippen LogP contribution in [0.4, 0.5) is 5.69 Å². The van der Waals surface area contributed by atoms with Crippen molar-refractivity contribution < 1.29 is 9.53 Å². The van der Waals surface area contributed by atoms with Gasteiger partial charge in [0.05, 0.1) is 24.4 Å². The van der Waals surface area contributed by atoms with Gasteiger partial charge in [0, 0.05) is 20.2 Å². The Bertz CT molecular complexity index is 478. The van der Waals surface area contributed by atoms with Crippen LogP contribution in [0.1, 0.15) is 12.5 Å². The lowest BCUT2D eigenvalue weighted by Crippen LogP contribution is -2.36. The molecule has 0 saturated heterocycles. The van der Waals surface area contributed by atoms with E-state index in [4.69, 9.17) is 10.00 Å². The number of nitrogens with one attached hydrogen (secondary N) is 1. The fourth-order valence-electron chi connectivity index (χ4n) is 1.56. The molecule has 1 rings (SSSR count). The van der Waals surface area contributed by atoms with Crippen LogP contribution in [0.25, 0.3) is 0 Å². The van der Waals surface area contributed by atoms with Crippen LogP contribution in [0.5, 0.6) is 5.75 Å². The van der Waals surface area contributed by atoms with E-state index in [0.29, 0.717) is 17.0 Å². The number of carbonyl (C=O) groups is 1. The van der Waals surface area contributed by atoms with Crippen LogP contribution in [0, 0.1) is 11.3 Å². The number of likely N-dealkylation sites (N-methyl/N-ethyl adjacent to an activating group) is 1. The minimum atomic E-state index is -0.359. The molecule has 0 aliphatic rings. The molecule has 1 aromatic rings. The van der Waals surface area contributed by atoms with Gasteiger partial charge in [0.1, 0.15) is 11.8 Å². The van der Waals surface area contributed by atoms with Crippen LogP contribution in [0.2, 0.25) is 0 Å². The number of nitriles is 1. The summed E-state index contributed by atoms with van der Waals surface area (Å²) in [6, 6.07) is 6.73. The maximum Gasteiger partial charge on any atom is 0.244 e. The zero-order valence-electron chi connectivity index (χ0n) is 11.0. The van der Waals surface area contributed by atoms with Crippen LogP contribution in [0.15, 0.2) is 18.2 Å². The first-order valence-corrected chi connectivity index (χ1v) is 5.55. The molecule has 1 atom stereocenters. The van der Waals surface area contributed by atoms with E-state index in [0.717, 1.165) is 0 Å². The largest absolute Gasteiger partial charge is 0.495 e. The molecule has 1 N–H and O–H groups in total. The Morgan fingerprint density at radius 1 is 1.50 bits per heavy atom. The van der Waals surface area contributed by atoms with Crippen molar-refractivity contribution in [2.45, 2.75) is 13.0 Å². The van der Waals surface area contributed by atoms with E-state index in [9.17, 15) is 4.79 Å². The molecule has 1 aromatic carbocycles.